The van der Waals surface area contributed by atoms with Crippen LogP contribution in [-0.4, -0.2) is 41.4 Å². The fourth-order valence-electron chi connectivity index (χ4n) is 1.23. The number of benzene rings is 1. The minimum atomic E-state index is -0.853. The minimum absolute atomic E-state index is 0.0180. The van der Waals surface area contributed by atoms with E-state index < -0.39 is 5.54 Å². The van der Waals surface area contributed by atoms with Crippen molar-refractivity contribution in [2.75, 3.05) is 25.1 Å². The number of carbonyl (C=O) groups excluding carboxylic acids is 1. The van der Waals surface area contributed by atoms with E-state index in [2.05, 4.69) is 26.6 Å². The summed E-state index contributed by atoms with van der Waals surface area (Å²) in [5.41, 5.74) is -0.167. The molecule has 0 aliphatic carbocycles. The first-order chi connectivity index (χ1) is 8.49. The zero-order valence-electron chi connectivity index (χ0n) is 10.1. The normalized spacial score (nSPS) is 11.3. The molecule has 5 nitrogen and oxygen atoms in total. The molecule has 0 saturated heterocycles. The van der Waals surface area contributed by atoms with E-state index in [-0.39, 0.29) is 25.7 Å². The SMILES string of the molecule is CC(CO)(CO)NCC(=O)Nc1cccc(Br)c1. The number of anilines is 1. The van der Waals surface area contributed by atoms with Gasteiger partial charge in [-0.3, -0.25) is 10.1 Å². The molecular weight excluding hydrogens is 300 g/mol. The Hall–Kier alpha value is -0.950. The molecule has 1 aromatic carbocycles. The highest BCUT2D eigenvalue weighted by Crippen LogP contribution is 2.15. The van der Waals surface area contributed by atoms with Crippen molar-refractivity contribution >= 4 is 27.5 Å². The number of aliphatic hydroxyl groups excluding tert-OH is 2. The van der Waals surface area contributed by atoms with E-state index in [0.29, 0.717) is 5.69 Å². The molecule has 1 rings (SSSR count). The Morgan fingerprint density at radius 1 is 1.39 bits per heavy atom. The van der Waals surface area contributed by atoms with E-state index in [9.17, 15) is 4.79 Å². The second-order valence-corrected chi connectivity index (χ2v) is 5.20. The number of aliphatic hydroxyl groups is 2. The monoisotopic (exact) mass is 316 g/mol. The highest BCUT2D eigenvalue weighted by atomic mass is 79.9. The second-order valence-electron chi connectivity index (χ2n) is 4.29. The third kappa shape index (κ3) is 4.73. The molecule has 0 heterocycles. The predicted octanol–water partition coefficient (Wildman–Crippen LogP) is 0.720. The minimum Gasteiger partial charge on any atom is -0.394 e. The molecule has 18 heavy (non-hydrogen) atoms. The summed E-state index contributed by atoms with van der Waals surface area (Å²) in [6.45, 7) is 1.17. The van der Waals surface area contributed by atoms with Gasteiger partial charge in [-0.2, -0.15) is 0 Å². The van der Waals surface area contributed by atoms with Gasteiger partial charge in [-0.05, 0) is 25.1 Å². The van der Waals surface area contributed by atoms with Crippen LogP contribution in [0.4, 0.5) is 5.69 Å². The smallest absolute Gasteiger partial charge is 0.238 e. The molecule has 0 aliphatic heterocycles. The van der Waals surface area contributed by atoms with Gasteiger partial charge in [0.15, 0.2) is 0 Å². The molecule has 0 unspecified atom stereocenters. The van der Waals surface area contributed by atoms with Crippen LogP contribution in [-0.2, 0) is 4.79 Å². The molecule has 0 atom stereocenters. The molecule has 0 aliphatic rings. The van der Waals surface area contributed by atoms with E-state index in [1.54, 1.807) is 19.1 Å². The lowest BCUT2D eigenvalue weighted by Gasteiger charge is -2.25. The van der Waals surface area contributed by atoms with Crippen LogP contribution in [0, 0.1) is 0 Å². The summed E-state index contributed by atoms with van der Waals surface area (Å²) in [5, 5.41) is 23.6. The lowest BCUT2D eigenvalue weighted by molar-refractivity contribution is -0.115. The molecular formula is C12H17BrN2O3. The third-order valence-corrected chi connectivity index (χ3v) is 2.98. The zero-order chi connectivity index (χ0) is 13.6. The van der Waals surface area contributed by atoms with Gasteiger partial charge >= 0.3 is 0 Å². The van der Waals surface area contributed by atoms with Gasteiger partial charge in [-0.25, -0.2) is 0 Å². The number of halogens is 1. The van der Waals surface area contributed by atoms with Crippen molar-refractivity contribution in [3.63, 3.8) is 0 Å². The Morgan fingerprint density at radius 2 is 2.06 bits per heavy atom. The lowest BCUT2D eigenvalue weighted by Crippen LogP contribution is -2.51. The second kappa shape index (κ2) is 6.84. The summed E-state index contributed by atoms with van der Waals surface area (Å²) in [6.07, 6.45) is 0. The number of hydrogen-bond acceptors (Lipinski definition) is 4. The number of rotatable bonds is 6. The van der Waals surface area contributed by atoms with E-state index in [1.165, 1.54) is 0 Å². The highest BCUT2D eigenvalue weighted by Gasteiger charge is 2.22. The average molecular weight is 317 g/mol. The third-order valence-electron chi connectivity index (χ3n) is 2.48. The number of hydrogen-bond donors (Lipinski definition) is 4. The summed E-state index contributed by atoms with van der Waals surface area (Å²) < 4.78 is 0.879. The van der Waals surface area contributed by atoms with Crippen molar-refractivity contribution in [2.24, 2.45) is 0 Å². The quantitative estimate of drug-likeness (QED) is 0.623. The van der Waals surface area contributed by atoms with Crippen molar-refractivity contribution < 1.29 is 15.0 Å². The maximum absolute atomic E-state index is 11.7. The molecule has 4 N–H and O–H groups in total. The number of carbonyl (C=O) groups is 1. The van der Waals surface area contributed by atoms with E-state index in [0.717, 1.165) is 4.47 Å². The Labute approximate surface area is 114 Å². The van der Waals surface area contributed by atoms with Gasteiger partial charge in [-0.15, -0.1) is 0 Å². The van der Waals surface area contributed by atoms with Gasteiger partial charge in [0.05, 0.1) is 25.3 Å². The van der Waals surface area contributed by atoms with Crippen molar-refractivity contribution in [2.45, 2.75) is 12.5 Å². The lowest BCUT2D eigenvalue weighted by atomic mass is 10.1. The molecule has 1 amide bonds. The fraction of sp³-hybridized carbons (Fsp3) is 0.417. The van der Waals surface area contributed by atoms with Gasteiger partial charge in [0.25, 0.3) is 0 Å². The topological polar surface area (TPSA) is 81.6 Å². The van der Waals surface area contributed by atoms with Crippen LogP contribution in [0.1, 0.15) is 6.92 Å². The maximum Gasteiger partial charge on any atom is 0.238 e. The van der Waals surface area contributed by atoms with Gasteiger partial charge in [-0.1, -0.05) is 22.0 Å². The Balaban J connectivity index is 2.47. The van der Waals surface area contributed by atoms with Crippen LogP contribution in [0.25, 0.3) is 0 Å². The van der Waals surface area contributed by atoms with Crippen LogP contribution >= 0.6 is 15.9 Å². The molecule has 0 radical (unpaired) electrons. The summed E-state index contributed by atoms with van der Waals surface area (Å²) >= 11 is 3.31. The fourth-order valence-corrected chi connectivity index (χ4v) is 1.63. The van der Waals surface area contributed by atoms with Crippen molar-refractivity contribution in [3.8, 4) is 0 Å². The first-order valence-corrected chi connectivity index (χ1v) is 6.30. The summed E-state index contributed by atoms with van der Waals surface area (Å²) in [6, 6.07) is 7.25. The molecule has 1 aromatic rings. The number of nitrogens with one attached hydrogen (secondary N) is 2. The highest BCUT2D eigenvalue weighted by molar-refractivity contribution is 9.10. The maximum atomic E-state index is 11.7. The molecule has 6 heteroatoms. The Bertz CT molecular complexity index is 408. The van der Waals surface area contributed by atoms with E-state index >= 15 is 0 Å². The average Bonchev–Trinajstić information content (AvgIpc) is 2.36. The van der Waals surface area contributed by atoms with Crippen LogP contribution in [0.5, 0.6) is 0 Å². The van der Waals surface area contributed by atoms with Gasteiger partial charge in [0.2, 0.25) is 5.91 Å². The first kappa shape index (κ1) is 15.1. The summed E-state index contributed by atoms with van der Waals surface area (Å²) in [7, 11) is 0. The Kier molecular flexibility index (Phi) is 5.74. The molecule has 100 valence electrons. The molecule has 0 spiro atoms. The molecule has 0 saturated carbocycles. The largest absolute Gasteiger partial charge is 0.394 e. The van der Waals surface area contributed by atoms with Gasteiger partial charge in [0.1, 0.15) is 0 Å². The summed E-state index contributed by atoms with van der Waals surface area (Å²) in [5.74, 6) is -0.235. The van der Waals surface area contributed by atoms with Gasteiger partial charge in [0, 0.05) is 10.2 Å². The van der Waals surface area contributed by atoms with Crippen LogP contribution < -0.4 is 10.6 Å². The van der Waals surface area contributed by atoms with Crippen LogP contribution in [0.3, 0.4) is 0 Å². The standard InChI is InChI=1S/C12H17BrN2O3/c1-12(7-16,8-17)14-6-11(18)15-10-4-2-3-9(13)5-10/h2-5,14,16-17H,6-8H2,1H3,(H,15,18). The van der Waals surface area contributed by atoms with E-state index in [1.807, 2.05) is 12.1 Å². The predicted molar refractivity (Wildman–Crippen MR) is 73.4 cm³/mol. The zero-order valence-corrected chi connectivity index (χ0v) is 11.7. The van der Waals surface area contributed by atoms with Crippen molar-refractivity contribution in [1.82, 2.24) is 5.32 Å². The van der Waals surface area contributed by atoms with Crippen molar-refractivity contribution in [3.05, 3.63) is 28.7 Å². The van der Waals surface area contributed by atoms with Crippen LogP contribution in [0.2, 0.25) is 0 Å². The summed E-state index contributed by atoms with van der Waals surface area (Å²) in [4.78, 5) is 11.7. The molecule has 0 aromatic heterocycles. The molecule has 0 fully saturated rings. The van der Waals surface area contributed by atoms with Crippen molar-refractivity contribution in [1.29, 1.82) is 0 Å². The van der Waals surface area contributed by atoms with Gasteiger partial charge < -0.3 is 15.5 Å². The van der Waals surface area contributed by atoms with E-state index in [4.69, 9.17) is 10.2 Å². The first-order valence-electron chi connectivity index (χ1n) is 5.51. The Morgan fingerprint density at radius 3 is 2.61 bits per heavy atom. The molecule has 0 bridgehead atoms. The number of amides is 1. The van der Waals surface area contributed by atoms with Crippen LogP contribution in [0.15, 0.2) is 28.7 Å².